The van der Waals surface area contributed by atoms with E-state index in [1.54, 1.807) is 0 Å². The maximum Gasteiger partial charge on any atom is 0.243 e. The first-order chi connectivity index (χ1) is 24.0. The summed E-state index contributed by atoms with van der Waals surface area (Å²) in [6, 6.07) is 1.60. The van der Waals surface area contributed by atoms with Crippen LogP contribution in [0.4, 0.5) is 0 Å². The second-order valence-electron chi connectivity index (χ2n) is 16.8. The molecule has 2 rings (SSSR count). The smallest absolute Gasteiger partial charge is 0.243 e. The first-order valence-electron chi connectivity index (χ1n) is 18.4. The molecule has 0 bridgehead atoms. The van der Waals surface area contributed by atoms with Gasteiger partial charge in [0.05, 0.1) is 6.04 Å². The van der Waals surface area contributed by atoms with Crippen LogP contribution in [0.5, 0.6) is 0 Å². The molecule has 0 unspecified atom stereocenters. The number of amides is 3. The van der Waals surface area contributed by atoms with Gasteiger partial charge in [0.1, 0.15) is 12.1 Å². The predicted molar refractivity (Wildman–Crippen MR) is 213 cm³/mol. The van der Waals surface area contributed by atoms with Gasteiger partial charge in [0, 0.05) is 48.1 Å². The molecule has 1 aromatic carbocycles. The van der Waals surface area contributed by atoms with Gasteiger partial charge in [-0.1, -0.05) is 75.3 Å². The Balaban J connectivity index is 2.71. The zero-order valence-corrected chi connectivity index (χ0v) is 33.3. The molecule has 3 amide bonds. The van der Waals surface area contributed by atoms with E-state index >= 15 is 0 Å². The summed E-state index contributed by atoms with van der Waals surface area (Å²) in [6.07, 6.45) is 2.38. The largest absolute Gasteiger partial charge is 0.370 e. The fourth-order valence-corrected chi connectivity index (χ4v) is 5.99. The molecule has 3 atom stereocenters. The Morgan fingerprint density at radius 2 is 1.31 bits per heavy atom. The van der Waals surface area contributed by atoms with E-state index in [-0.39, 0.29) is 46.9 Å². The van der Waals surface area contributed by atoms with Gasteiger partial charge in [0.2, 0.25) is 17.7 Å². The Labute approximate surface area is 310 Å². The molecule has 0 saturated carbocycles. The Kier molecular flexibility index (Phi) is 15.5. The molecule has 0 aliphatic rings. The van der Waals surface area contributed by atoms with Crippen LogP contribution < -0.4 is 44.6 Å². The van der Waals surface area contributed by atoms with Gasteiger partial charge in [-0.15, -0.1) is 0 Å². The number of hydrogen-bond donors (Lipinski definition) is 9. The molecule has 0 saturated heterocycles. The van der Waals surface area contributed by atoms with Gasteiger partial charge >= 0.3 is 0 Å². The van der Waals surface area contributed by atoms with Crippen LogP contribution in [0, 0.1) is 0 Å². The Morgan fingerprint density at radius 3 is 1.81 bits per heavy atom. The number of aliphatic imine (C=N–C) groups is 2. The lowest BCUT2D eigenvalue weighted by molar-refractivity contribution is -0.132. The normalized spacial score (nSPS) is 13.9. The second-order valence-corrected chi connectivity index (χ2v) is 16.8. The molecule has 1 heterocycles. The third-order valence-corrected chi connectivity index (χ3v) is 8.91. The number of aromatic amines is 1. The van der Waals surface area contributed by atoms with Crippen LogP contribution in [0.3, 0.4) is 0 Å². The minimum absolute atomic E-state index is 0.0387. The first kappa shape index (κ1) is 43.8. The maximum absolute atomic E-state index is 14.4. The lowest BCUT2D eigenvalue weighted by atomic mass is 9.78. The van der Waals surface area contributed by atoms with Crippen molar-refractivity contribution in [2.75, 3.05) is 19.6 Å². The van der Waals surface area contributed by atoms with E-state index in [0.717, 1.165) is 39.7 Å². The Bertz CT molecular complexity index is 1580. The number of hydrogen-bond acceptors (Lipinski definition) is 6. The topological polar surface area (TPSA) is 258 Å². The van der Waals surface area contributed by atoms with Crippen LogP contribution >= 0.6 is 0 Å². The number of carbonyl (C=O) groups excluding carboxylic acids is 3. The number of fused-ring (bicyclic) bond motifs is 1. The van der Waals surface area contributed by atoms with Gasteiger partial charge in [-0.2, -0.15) is 0 Å². The summed E-state index contributed by atoms with van der Waals surface area (Å²) in [5.41, 5.74) is 32.7. The van der Waals surface area contributed by atoms with Crippen LogP contribution in [0.1, 0.15) is 124 Å². The zero-order valence-electron chi connectivity index (χ0n) is 33.3. The number of benzene rings is 1. The number of nitrogens with one attached hydrogen (secondary N) is 4. The summed E-state index contributed by atoms with van der Waals surface area (Å²) >= 11 is 0. The zero-order chi connectivity index (χ0) is 39.6. The molecule has 14 nitrogen and oxygen atoms in total. The quantitative estimate of drug-likeness (QED) is 0.0663. The van der Waals surface area contributed by atoms with E-state index in [2.05, 4.69) is 105 Å². The highest BCUT2D eigenvalue weighted by Gasteiger charge is 2.33. The molecule has 52 heavy (non-hydrogen) atoms. The van der Waals surface area contributed by atoms with Crippen molar-refractivity contribution >= 4 is 40.5 Å². The molecular formula is C38H67N11O3. The number of guanidine groups is 2. The van der Waals surface area contributed by atoms with E-state index in [1.807, 2.05) is 6.92 Å². The molecule has 292 valence electrons. The van der Waals surface area contributed by atoms with Gasteiger partial charge in [-0.05, 0) is 65.7 Å². The van der Waals surface area contributed by atoms with Gasteiger partial charge in [-0.3, -0.25) is 24.4 Å². The second kappa shape index (κ2) is 18.4. The fraction of sp³-hybridized carbons (Fsp3) is 0.658. The van der Waals surface area contributed by atoms with Crippen molar-refractivity contribution in [2.45, 2.75) is 142 Å². The summed E-state index contributed by atoms with van der Waals surface area (Å²) in [6.45, 7) is 22.5. The minimum atomic E-state index is -1.06. The molecule has 0 aliphatic carbocycles. The monoisotopic (exact) mass is 726 g/mol. The summed E-state index contributed by atoms with van der Waals surface area (Å²) in [5.74, 6) is -1.41. The van der Waals surface area contributed by atoms with Crippen LogP contribution in [0.15, 0.2) is 22.1 Å². The molecule has 14 N–H and O–H groups in total. The average Bonchev–Trinajstić information content (AvgIpc) is 3.40. The highest BCUT2D eigenvalue weighted by molar-refractivity contribution is 5.95. The van der Waals surface area contributed by atoms with Gasteiger partial charge in [0.15, 0.2) is 11.9 Å². The number of rotatable bonds is 17. The number of nitrogens with zero attached hydrogens (tertiary/aromatic N) is 2. The summed E-state index contributed by atoms with van der Waals surface area (Å²) in [5, 5.41) is 9.76. The van der Waals surface area contributed by atoms with Crippen LogP contribution in [0.25, 0.3) is 10.9 Å². The Hall–Kier alpha value is -4.33. The highest BCUT2D eigenvalue weighted by Crippen LogP contribution is 2.40. The van der Waals surface area contributed by atoms with Crippen molar-refractivity contribution < 1.29 is 14.4 Å². The molecule has 0 fully saturated rings. The third kappa shape index (κ3) is 13.0. The van der Waals surface area contributed by atoms with E-state index in [1.165, 1.54) is 0 Å². The predicted octanol–water partition coefficient (Wildman–Crippen LogP) is 2.53. The standard InChI is InChI=1S/C38H67N11O3/c1-11-16-44-32(51)27(15-13-18-46-35(42)43)47-33(52)28(48-31(50)26(39)14-12-17-45-34(40)41)21-24-23-19-22(36(2,3)4)20-25(37(5,6)7)29(23)49-30(24)38(8,9)10/h19-20,26-28,49H,11-18,21,39H2,1-10H3,(H,44,51)(H,47,52)(H,48,50)(H4,40,41,45)(H4,42,43,46)/t26-,27-,28-/m0/s1. The lowest BCUT2D eigenvalue weighted by Gasteiger charge is -2.27. The van der Waals surface area contributed by atoms with Crippen molar-refractivity contribution in [1.82, 2.24) is 20.9 Å². The number of H-pyrrole nitrogens is 1. The molecule has 0 aliphatic heterocycles. The summed E-state index contributed by atoms with van der Waals surface area (Å²) in [7, 11) is 0. The number of nitrogens with two attached hydrogens (primary N) is 5. The summed E-state index contributed by atoms with van der Waals surface area (Å²) < 4.78 is 0. The van der Waals surface area contributed by atoms with Crippen molar-refractivity contribution in [1.29, 1.82) is 0 Å². The number of aromatic nitrogens is 1. The lowest BCUT2D eigenvalue weighted by Crippen LogP contribution is -2.56. The molecule has 14 heteroatoms. The fourth-order valence-electron chi connectivity index (χ4n) is 5.99. The van der Waals surface area contributed by atoms with Crippen molar-refractivity contribution in [3.05, 3.63) is 34.5 Å². The molecule has 0 radical (unpaired) electrons. The Morgan fingerprint density at radius 1 is 0.750 bits per heavy atom. The maximum atomic E-state index is 14.4. The minimum Gasteiger partial charge on any atom is -0.370 e. The highest BCUT2D eigenvalue weighted by atomic mass is 16.2. The molecule has 1 aromatic heterocycles. The molecular weight excluding hydrogens is 658 g/mol. The number of carbonyl (C=O) groups is 3. The van der Waals surface area contributed by atoms with E-state index in [9.17, 15) is 14.4 Å². The van der Waals surface area contributed by atoms with Crippen molar-refractivity contribution in [3.8, 4) is 0 Å². The van der Waals surface area contributed by atoms with Crippen molar-refractivity contribution in [2.24, 2.45) is 38.7 Å². The van der Waals surface area contributed by atoms with Crippen LogP contribution in [-0.4, -0.2) is 72.4 Å². The van der Waals surface area contributed by atoms with E-state index in [0.29, 0.717) is 38.9 Å². The van der Waals surface area contributed by atoms with Crippen molar-refractivity contribution in [3.63, 3.8) is 0 Å². The first-order valence-corrected chi connectivity index (χ1v) is 18.4. The SMILES string of the molecule is CCCNC(=O)[C@H](CCCN=C(N)N)NC(=O)[C@H](Cc1c(C(C)(C)C)[nH]c2c(C(C)(C)C)cc(C(C)(C)C)cc12)NC(=O)[C@@H](N)CCCN=C(N)N. The van der Waals surface area contributed by atoms with Crippen LogP contribution in [0.2, 0.25) is 0 Å². The van der Waals surface area contributed by atoms with Gasteiger partial charge < -0.3 is 49.6 Å². The molecule has 0 spiro atoms. The summed E-state index contributed by atoms with van der Waals surface area (Å²) in [4.78, 5) is 53.1. The van der Waals surface area contributed by atoms with Crippen LogP contribution in [-0.2, 0) is 37.0 Å². The van der Waals surface area contributed by atoms with Gasteiger partial charge in [0.25, 0.3) is 0 Å². The average molecular weight is 726 g/mol. The van der Waals surface area contributed by atoms with Gasteiger partial charge in [-0.25, -0.2) is 0 Å². The third-order valence-electron chi connectivity index (χ3n) is 8.91. The van der Waals surface area contributed by atoms with E-state index in [4.69, 9.17) is 28.7 Å². The van der Waals surface area contributed by atoms with E-state index < -0.39 is 29.9 Å². The molecule has 2 aromatic rings.